The molecule has 1 saturated carbocycles. The highest BCUT2D eigenvalue weighted by molar-refractivity contribution is 14.0. The van der Waals surface area contributed by atoms with Gasteiger partial charge >= 0.3 is 0 Å². The molecule has 1 aliphatic carbocycles. The number of carbonyl (C=O) groups is 1. The zero-order chi connectivity index (χ0) is 19.5. The third-order valence-corrected chi connectivity index (χ3v) is 5.46. The number of amides is 1. The molecule has 2 rings (SSSR count). The van der Waals surface area contributed by atoms with Crippen LogP contribution in [-0.4, -0.2) is 74.8 Å². The van der Waals surface area contributed by atoms with Crippen LogP contribution in [0.5, 0.6) is 0 Å². The fraction of sp³-hybridized carbons (Fsp3) is 0.900. The molecule has 1 saturated heterocycles. The number of rotatable bonds is 8. The number of halogens is 1. The lowest BCUT2D eigenvalue weighted by atomic mass is 9.95. The molecule has 0 aromatic rings. The first-order chi connectivity index (χ1) is 13.1. The summed E-state index contributed by atoms with van der Waals surface area (Å²) in [6, 6.07) is 0.762. The summed E-state index contributed by atoms with van der Waals surface area (Å²) < 4.78 is 5.48. The number of hydrogen-bond acceptors (Lipinski definition) is 4. The Morgan fingerprint density at radius 1 is 1.14 bits per heavy atom. The molecule has 1 atom stereocenters. The second-order valence-corrected chi connectivity index (χ2v) is 7.94. The summed E-state index contributed by atoms with van der Waals surface area (Å²) in [5.41, 5.74) is 0. The number of aliphatic imine (C=N–C) groups is 1. The van der Waals surface area contributed by atoms with Crippen molar-refractivity contribution in [3.63, 3.8) is 0 Å². The molecule has 3 N–H and O–H groups in total. The Morgan fingerprint density at radius 2 is 1.82 bits per heavy atom. The molecule has 1 aliphatic heterocycles. The van der Waals surface area contributed by atoms with E-state index in [-0.39, 0.29) is 36.4 Å². The van der Waals surface area contributed by atoms with Crippen LogP contribution in [0.1, 0.15) is 52.9 Å². The van der Waals surface area contributed by atoms with Crippen molar-refractivity contribution in [2.45, 2.75) is 65.0 Å². The number of nitrogens with one attached hydrogen (secondary N) is 3. The standard InChI is InChI=1S/C20H39N5O2.HI/c1-4-21-20(23-15-19(26)24-17-8-6-5-7-9-17)22-14-18(16(2)3)25-10-12-27-13-11-25;/h16-18H,4-15H2,1-3H3,(H,24,26)(H2,21,22,23);1H. The first kappa shape index (κ1) is 25.4. The summed E-state index contributed by atoms with van der Waals surface area (Å²) in [6.45, 7) is 11.9. The van der Waals surface area contributed by atoms with E-state index in [1.54, 1.807) is 0 Å². The van der Waals surface area contributed by atoms with Crippen LogP contribution in [0.3, 0.4) is 0 Å². The lowest BCUT2D eigenvalue weighted by Gasteiger charge is -2.37. The maximum atomic E-state index is 12.2. The SMILES string of the molecule is CCNC(=NCC(=O)NC1CCCCC1)NCC(C(C)C)N1CCOCC1.I. The fourth-order valence-electron chi connectivity index (χ4n) is 3.91. The van der Waals surface area contributed by atoms with Crippen molar-refractivity contribution in [2.24, 2.45) is 10.9 Å². The first-order valence-corrected chi connectivity index (χ1v) is 10.7. The largest absolute Gasteiger partial charge is 0.379 e. The van der Waals surface area contributed by atoms with Gasteiger partial charge in [-0.25, -0.2) is 4.99 Å². The minimum Gasteiger partial charge on any atom is -0.379 e. The summed E-state index contributed by atoms with van der Waals surface area (Å²) in [5.74, 6) is 1.27. The van der Waals surface area contributed by atoms with Crippen LogP contribution in [-0.2, 0) is 9.53 Å². The van der Waals surface area contributed by atoms with Gasteiger partial charge in [0, 0.05) is 38.3 Å². The maximum Gasteiger partial charge on any atom is 0.242 e. The average molecular weight is 509 g/mol. The first-order valence-electron chi connectivity index (χ1n) is 10.7. The zero-order valence-corrected chi connectivity index (χ0v) is 20.2. The smallest absolute Gasteiger partial charge is 0.242 e. The third-order valence-electron chi connectivity index (χ3n) is 5.46. The highest BCUT2D eigenvalue weighted by Crippen LogP contribution is 2.17. The molecule has 164 valence electrons. The van der Waals surface area contributed by atoms with E-state index in [1.807, 2.05) is 6.92 Å². The highest BCUT2D eigenvalue weighted by atomic mass is 127. The molecule has 1 unspecified atom stereocenters. The van der Waals surface area contributed by atoms with Crippen molar-refractivity contribution < 1.29 is 9.53 Å². The van der Waals surface area contributed by atoms with Gasteiger partial charge in [0.1, 0.15) is 6.54 Å². The molecular weight excluding hydrogens is 469 g/mol. The zero-order valence-electron chi connectivity index (χ0n) is 17.8. The van der Waals surface area contributed by atoms with Crippen LogP contribution in [0.4, 0.5) is 0 Å². The van der Waals surface area contributed by atoms with E-state index in [9.17, 15) is 4.79 Å². The van der Waals surface area contributed by atoms with Gasteiger partial charge in [0.2, 0.25) is 5.91 Å². The molecule has 1 amide bonds. The van der Waals surface area contributed by atoms with Gasteiger partial charge in [-0.3, -0.25) is 9.69 Å². The molecule has 8 heteroatoms. The molecular formula is C20H40IN5O2. The van der Waals surface area contributed by atoms with Crippen molar-refractivity contribution in [2.75, 3.05) is 45.9 Å². The van der Waals surface area contributed by atoms with E-state index in [4.69, 9.17) is 4.74 Å². The average Bonchev–Trinajstić information content (AvgIpc) is 2.67. The van der Waals surface area contributed by atoms with E-state index in [1.165, 1.54) is 19.3 Å². The summed E-state index contributed by atoms with van der Waals surface area (Å²) in [5, 5.41) is 9.82. The molecule has 0 bridgehead atoms. The monoisotopic (exact) mass is 509 g/mol. The fourth-order valence-corrected chi connectivity index (χ4v) is 3.91. The summed E-state index contributed by atoms with van der Waals surface area (Å²) in [6.07, 6.45) is 5.93. The molecule has 2 aliphatic rings. The molecule has 2 fully saturated rings. The minimum absolute atomic E-state index is 0. The van der Waals surface area contributed by atoms with Crippen molar-refractivity contribution in [3.8, 4) is 0 Å². The predicted molar refractivity (Wildman–Crippen MR) is 125 cm³/mol. The molecule has 28 heavy (non-hydrogen) atoms. The van der Waals surface area contributed by atoms with Crippen molar-refractivity contribution in [3.05, 3.63) is 0 Å². The second-order valence-electron chi connectivity index (χ2n) is 7.94. The van der Waals surface area contributed by atoms with Gasteiger partial charge in [-0.15, -0.1) is 24.0 Å². The Labute approximate surface area is 187 Å². The van der Waals surface area contributed by atoms with Gasteiger partial charge in [-0.1, -0.05) is 33.1 Å². The van der Waals surface area contributed by atoms with Crippen molar-refractivity contribution in [1.82, 2.24) is 20.9 Å². The van der Waals surface area contributed by atoms with Crippen LogP contribution < -0.4 is 16.0 Å². The van der Waals surface area contributed by atoms with Gasteiger partial charge in [-0.2, -0.15) is 0 Å². The van der Waals surface area contributed by atoms with Crippen LogP contribution >= 0.6 is 24.0 Å². The van der Waals surface area contributed by atoms with E-state index in [0.29, 0.717) is 18.0 Å². The number of ether oxygens (including phenoxy) is 1. The molecule has 0 spiro atoms. The molecule has 0 aromatic carbocycles. The predicted octanol–water partition coefficient (Wildman–Crippen LogP) is 1.97. The van der Waals surface area contributed by atoms with Gasteiger partial charge in [0.15, 0.2) is 5.96 Å². The Balaban J connectivity index is 0.00000392. The highest BCUT2D eigenvalue weighted by Gasteiger charge is 2.24. The Morgan fingerprint density at radius 3 is 2.43 bits per heavy atom. The number of hydrogen-bond donors (Lipinski definition) is 3. The summed E-state index contributed by atoms with van der Waals surface area (Å²) >= 11 is 0. The van der Waals surface area contributed by atoms with E-state index >= 15 is 0 Å². The molecule has 0 aromatic heterocycles. The van der Waals surface area contributed by atoms with Crippen molar-refractivity contribution in [1.29, 1.82) is 0 Å². The quantitative estimate of drug-likeness (QED) is 0.265. The minimum atomic E-state index is 0. The van der Waals surface area contributed by atoms with E-state index < -0.39 is 0 Å². The summed E-state index contributed by atoms with van der Waals surface area (Å²) in [7, 11) is 0. The van der Waals surface area contributed by atoms with E-state index in [2.05, 4.69) is 39.7 Å². The maximum absolute atomic E-state index is 12.2. The van der Waals surface area contributed by atoms with Crippen LogP contribution in [0.15, 0.2) is 4.99 Å². The van der Waals surface area contributed by atoms with Crippen LogP contribution in [0.2, 0.25) is 0 Å². The van der Waals surface area contributed by atoms with Crippen LogP contribution in [0.25, 0.3) is 0 Å². The second kappa shape index (κ2) is 14.4. The van der Waals surface area contributed by atoms with Gasteiger partial charge in [0.05, 0.1) is 13.2 Å². The lowest BCUT2D eigenvalue weighted by Crippen LogP contribution is -2.52. The molecule has 7 nitrogen and oxygen atoms in total. The van der Waals surface area contributed by atoms with Gasteiger partial charge in [-0.05, 0) is 25.7 Å². The van der Waals surface area contributed by atoms with Crippen LogP contribution in [0, 0.1) is 5.92 Å². The Kier molecular flexibility index (Phi) is 13.1. The number of morpholine rings is 1. The summed E-state index contributed by atoms with van der Waals surface area (Å²) in [4.78, 5) is 19.2. The topological polar surface area (TPSA) is 78.0 Å². The van der Waals surface area contributed by atoms with Crippen molar-refractivity contribution >= 4 is 35.8 Å². The van der Waals surface area contributed by atoms with Gasteiger partial charge in [0.25, 0.3) is 0 Å². The Hall–Kier alpha value is -0.610. The number of nitrogens with zero attached hydrogens (tertiary/aromatic N) is 2. The third kappa shape index (κ3) is 9.26. The molecule has 1 heterocycles. The Bertz CT molecular complexity index is 464. The van der Waals surface area contributed by atoms with E-state index in [0.717, 1.165) is 58.2 Å². The number of guanidine groups is 1. The normalized spacial score (nSPS) is 20.4. The van der Waals surface area contributed by atoms with Gasteiger partial charge < -0.3 is 20.7 Å². The lowest BCUT2D eigenvalue weighted by molar-refractivity contribution is -0.120. The number of carbonyl (C=O) groups excluding carboxylic acids is 1. The molecule has 0 radical (unpaired) electrons.